The molecule has 0 amide bonds. The highest BCUT2D eigenvalue weighted by Crippen LogP contribution is 2.14. The number of Topliss-reactive ketones (excluding diaryl/α,β-unsaturated/α-hetero) is 1. The lowest BCUT2D eigenvalue weighted by Gasteiger charge is -2.19. The Morgan fingerprint density at radius 2 is 1.82 bits per heavy atom. The number of hydrogen-bond donors (Lipinski definition) is 0. The number of rotatable bonds is 7. The van der Waals surface area contributed by atoms with Crippen molar-refractivity contribution in [3.8, 4) is 0 Å². The summed E-state index contributed by atoms with van der Waals surface area (Å²) in [5.41, 5.74) is 2.63. The first kappa shape index (κ1) is 13.8. The van der Waals surface area contributed by atoms with Crippen molar-refractivity contribution in [3.63, 3.8) is 0 Å². The summed E-state index contributed by atoms with van der Waals surface area (Å²) < 4.78 is 0. The van der Waals surface area contributed by atoms with Crippen LogP contribution in [0.1, 0.15) is 38.7 Å². The average Bonchev–Trinajstić information content (AvgIpc) is 2.34. The molecular weight excluding hydrogens is 210 g/mol. The largest absolute Gasteiger partial charge is 0.375 e. The van der Waals surface area contributed by atoms with Gasteiger partial charge in [0.25, 0.3) is 0 Å². The van der Waals surface area contributed by atoms with E-state index in [1.807, 2.05) is 0 Å². The molecule has 0 bridgehead atoms. The van der Waals surface area contributed by atoms with Gasteiger partial charge in [0.1, 0.15) is 5.78 Å². The van der Waals surface area contributed by atoms with Gasteiger partial charge in [0.2, 0.25) is 0 Å². The summed E-state index contributed by atoms with van der Waals surface area (Å²) in [4.78, 5) is 13.1. The topological polar surface area (TPSA) is 20.3 Å². The standard InChI is InChI=1S/C15H23NO/c1-4-14-8-10-15(11-9-14)16(3)12-6-5-7-13(2)17/h8-11H,4-7,12H2,1-3H3. The Bertz CT molecular complexity index is 342. The third kappa shape index (κ3) is 5.03. The zero-order valence-electron chi connectivity index (χ0n) is 11.2. The highest BCUT2D eigenvalue weighted by atomic mass is 16.1. The van der Waals surface area contributed by atoms with E-state index in [4.69, 9.17) is 0 Å². The number of aryl methyl sites for hydroxylation is 1. The van der Waals surface area contributed by atoms with Crippen LogP contribution >= 0.6 is 0 Å². The second kappa shape index (κ2) is 7.10. The number of ketones is 1. The predicted octanol–water partition coefficient (Wildman–Crippen LogP) is 3.44. The fourth-order valence-corrected chi connectivity index (χ4v) is 1.84. The number of anilines is 1. The van der Waals surface area contributed by atoms with E-state index in [2.05, 4.69) is 43.1 Å². The van der Waals surface area contributed by atoms with Gasteiger partial charge in [0.05, 0.1) is 0 Å². The summed E-state index contributed by atoms with van der Waals surface area (Å²) in [6.45, 7) is 4.84. The van der Waals surface area contributed by atoms with Crippen molar-refractivity contribution in [1.29, 1.82) is 0 Å². The van der Waals surface area contributed by atoms with Gasteiger partial charge in [-0.3, -0.25) is 0 Å². The molecule has 2 nitrogen and oxygen atoms in total. The Morgan fingerprint density at radius 1 is 1.18 bits per heavy atom. The molecule has 17 heavy (non-hydrogen) atoms. The van der Waals surface area contributed by atoms with Crippen LogP contribution in [-0.4, -0.2) is 19.4 Å². The van der Waals surface area contributed by atoms with Crippen molar-refractivity contribution in [2.75, 3.05) is 18.5 Å². The highest BCUT2D eigenvalue weighted by Gasteiger charge is 2.01. The van der Waals surface area contributed by atoms with E-state index >= 15 is 0 Å². The number of unbranched alkanes of at least 4 members (excludes halogenated alkanes) is 1. The smallest absolute Gasteiger partial charge is 0.129 e. The fourth-order valence-electron chi connectivity index (χ4n) is 1.84. The first-order valence-electron chi connectivity index (χ1n) is 6.43. The summed E-state index contributed by atoms with van der Waals surface area (Å²) in [7, 11) is 2.11. The molecule has 0 N–H and O–H groups in total. The van der Waals surface area contributed by atoms with Crippen molar-refractivity contribution in [1.82, 2.24) is 0 Å². The second-order valence-electron chi connectivity index (χ2n) is 4.60. The quantitative estimate of drug-likeness (QED) is 0.672. The monoisotopic (exact) mass is 233 g/mol. The van der Waals surface area contributed by atoms with Gasteiger partial charge in [-0.15, -0.1) is 0 Å². The zero-order chi connectivity index (χ0) is 12.7. The molecule has 0 aliphatic heterocycles. The predicted molar refractivity (Wildman–Crippen MR) is 73.6 cm³/mol. The number of carbonyl (C=O) groups excluding carboxylic acids is 1. The van der Waals surface area contributed by atoms with E-state index in [0.29, 0.717) is 12.2 Å². The van der Waals surface area contributed by atoms with E-state index in [0.717, 1.165) is 25.8 Å². The average molecular weight is 233 g/mol. The highest BCUT2D eigenvalue weighted by molar-refractivity contribution is 5.75. The maximum Gasteiger partial charge on any atom is 0.129 e. The Morgan fingerprint density at radius 3 is 2.35 bits per heavy atom. The Balaban J connectivity index is 2.35. The van der Waals surface area contributed by atoms with Gasteiger partial charge in [0, 0.05) is 25.7 Å². The van der Waals surface area contributed by atoms with Crippen LogP contribution < -0.4 is 4.90 Å². The third-order valence-corrected chi connectivity index (χ3v) is 3.06. The van der Waals surface area contributed by atoms with E-state index in [9.17, 15) is 4.79 Å². The van der Waals surface area contributed by atoms with Crippen molar-refractivity contribution in [2.24, 2.45) is 0 Å². The number of benzene rings is 1. The molecule has 1 rings (SSSR count). The summed E-state index contributed by atoms with van der Waals surface area (Å²) in [5.74, 6) is 0.292. The summed E-state index contributed by atoms with van der Waals surface area (Å²) >= 11 is 0. The molecule has 0 saturated heterocycles. The molecule has 94 valence electrons. The molecule has 0 atom stereocenters. The zero-order valence-corrected chi connectivity index (χ0v) is 11.2. The lowest BCUT2D eigenvalue weighted by atomic mass is 10.1. The van der Waals surface area contributed by atoms with Gasteiger partial charge in [-0.05, 0) is 43.9 Å². The minimum atomic E-state index is 0.292. The van der Waals surface area contributed by atoms with E-state index in [-0.39, 0.29) is 0 Å². The molecule has 2 heteroatoms. The minimum Gasteiger partial charge on any atom is -0.375 e. The molecule has 0 aliphatic rings. The fraction of sp³-hybridized carbons (Fsp3) is 0.533. The molecule has 0 heterocycles. The molecule has 0 radical (unpaired) electrons. The number of hydrogen-bond acceptors (Lipinski definition) is 2. The first-order valence-corrected chi connectivity index (χ1v) is 6.43. The van der Waals surface area contributed by atoms with Crippen molar-refractivity contribution in [3.05, 3.63) is 29.8 Å². The SMILES string of the molecule is CCc1ccc(N(C)CCCCC(C)=O)cc1. The van der Waals surface area contributed by atoms with Gasteiger partial charge in [-0.1, -0.05) is 19.1 Å². The van der Waals surface area contributed by atoms with Gasteiger partial charge in [-0.25, -0.2) is 0 Å². The lowest BCUT2D eigenvalue weighted by Crippen LogP contribution is -2.18. The molecular formula is C15H23NO. The van der Waals surface area contributed by atoms with Crippen LogP contribution in [0.4, 0.5) is 5.69 Å². The van der Waals surface area contributed by atoms with Crippen LogP contribution in [0.2, 0.25) is 0 Å². The van der Waals surface area contributed by atoms with E-state index < -0.39 is 0 Å². The number of nitrogens with zero attached hydrogens (tertiary/aromatic N) is 1. The molecule has 0 aromatic heterocycles. The Hall–Kier alpha value is -1.31. The number of carbonyl (C=O) groups is 1. The molecule has 1 aromatic rings. The van der Waals surface area contributed by atoms with Crippen LogP contribution in [0.15, 0.2) is 24.3 Å². The third-order valence-electron chi connectivity index (χ3n) is 3.06. The van der Waals surface area contributed by atoms with E-state index in [1.165, 1.54) is 11.3 Å². The molecule has 0 unspecified atom stereocenters. The van der Waals surface area contributed by atoms with Gasteiger partial charge in [0.15, 0.2) is 0 Å². The maximum atomic E-state index is 10.8. The minimum absolute atomic E-state index is 0.292. The molecule has 0 saturated carbocycles. The van der Waals surface area contributed by atoms with Crippen LogP contribution in [0, 0.1) is 0 Å². The van der Waals surface area contributed by atoms with Gasteiger partial charge < -0.3 is 9.69 Å². The van der Waals surface area contributed by atoms with Crippen LogP contribution in [0.5, 0.6) is 0 Å². The summed E-state index contributed by atoms with van der Waals surface area (Å²) in [6.07, 6.45) is 3.86. The molecule has 0 spiro atoms. The second-order valence-corrected chi connectivity index (χ2v) is 4.60. The summed E-state index contributed by atoms with van der Waals surface area (Å²) in [5, 5.41) is 0. The molecule has 0 fully saturated rings. The Labute approximate surface area is 105 Å². The van der Waals surface area contributed by atoms with E-state index in [1.54, 1.807) is 6.92 Å². The summed E-state index contributed by atoms with van der Waals surface area (Å²) in [6, 6.07) is 8.70. The lowest BCUT2D eigenvalue weighted by molar-refractivity contribution is -0.117. The first-order chi connectivity index (χ1) is 8.13. The van der Waals surface area contributed by atoms with Gasteiger partial charge >= 0.3 is 0 Å². The Kier molecular flexibility index (Phi) is 5.75. The maximum absolute atomic E-state index is 10.8. The van der Waals surface area contributed by atoms with Crippen molar-refractivity contribution < 1.29 is 4.79 Å². The van der Waals surface area contributed by atoms with Crippen LogP contribution in [0.3, 0.4) is 0 Å². The van der Waals surface area contributed by atoms with Crippen molar-refractivity contribution in [2.45, 2.75) is 39.5 Å². The normalized spacial score (nSPS) is 10.3. The van der Waals surface area contributed by atoms with Gasteiger partial charge in [-0.2, -0.15) is 0 Å². The van der Waals surface area contributed by atoms with Crippen molar-refractivity contribution >= 4 is 11.5 Å². The van der Waals surface area contributed by atoms with Crippen LogP contribution in [0.25, 0.3) is 0 Å². The molecule has 0 aliphatic carbocycles. The molecule has 1 aromatic carbocycles. The van der Waals surface area contributed by atoms with Crippen LogP contribution in [-0.2, 0) is 11.2 Å².